The van der Waals surface area contributed by atoms with Crippen molar-refractivity contribution in [3.8, 4) is 5.88 Å². The van der Waals surface area contributed by atoms with Gasteiger partial charge in [0.1, 0.15) is 12.2 Å². The molecule has 1 aromatic heterocycles. The molecule has 184 valence electrons. The molecule has 35 heavy (non-hydrogen) atoms. The maximum absolute atomic E-state index is 13.5. The highest BCUT2D eigenvalue weighted by Gasteiger charge is 2.34. The Balaban J connectivity index is 1.94. The van der Waals surface area contributed by atoms with E-state index in [4.69, 9.17) is 37.4 Å². The standard InChI is InChI=1S/C23H18Cl2F3N3O4/c1-33-12-15(21(32)34-2)14-7-4-3-6-13(14)11-35-19-10-18(23(26,27)28)30-22(31-19)29-17-9-5-8-16(24)20(17)25/h3-10,12H,11H2,1-2H3,(H,29,30,31)/b15-12+. The molecule has 0 unspecified atom stereocenters. The largest absolute Gasteiger partial charge is 0.503 e. The molecule has 3 aromatic rings. The number of ether oxygens (including phenoxy) is 3. The highest BCUT2D eigenvalue weighted by molar-refractivity contribution is 6.43. The van der Waals surface area contributed by atoms with Gasteiger partial charge >= 0.3 is 12.1 Å². The van der Waals surface area contributed by atoms with Crippen molar-refractivity contribution in [2.45, 2.75) is 12.8 Å². The molecule has 0 fully saturated rings. The van der Waals surface area contributed by atoms with Crippen LogP contribution in [0.15, 0.2) is 54.8 Å². The number of rotatable bonds is 8. The van der Waals surface area contributed by atoms with E-state index in [2.05, 4.69) is 15.3 Å². The quantitative estimate of drug-likeness (QED) is 0.209. The topological polar surface area (TPSA) is 82.6 Å². The lowest BCUT2D eigenvalue weighted by molar-refractivity contribution is -0.141. The van der Waals surface area contributed by atoms with E-state index in [-0.39, 0.29) is 33.8 Å². The minimum absolute atomic E-state index is 0.0897. The molecule has 0 bridgehead atoms. The van der Waals surface area contributed by atoms with Crippen LogP contribution in [0, 0.1) is 0 Å². The highest BCUT2D eigenvalue weighted by Crippen LogP contribution is 2.34. The van der Waals surface area contributed by atoms with E-state index in [9.17, 15) is 18.0 Å². The Hall–Kier alpha value is -3.50. The summed E-state index contributed by atoms with van der Waals surface area (Å²) in [6, 6.07) is 11.9. The van der Waals surface area contributed by atoms with Gasteiger partial charge in [0.2, 0.25) is 11.8 Å². The first-order chi connectivity index (χ1) is 16.6. The average Bonchev–Trinajstić information content (AvgIpc) is 2.83. The summed E-state index contributed by atoms with van der Waals surface area (Å²) >= 11 is 12.1. The van der Waals surface area contributed by atoms with E-state index in [1.54, 1.807) is 30.3 Å². The normalized spacial score (nSPS) is 11.7. The van der Waals surface area contributed by atoms with Crippen molar-refractivity contribution < 1.29 is 32.2 Å². The number of carbonyl (C=O) groups is 1. The van der Waals surface area contributed by atoms with Crippen molar-refractivity contribution in [2.24, 2.45) is 0 Å². The highest BCUT2D eigenvalue weighted by atomic mass is 35.5. The van der Waals surface area contributed by atoms with Gasteiger partial charge in [-0.3, -0.25) is 0 Å². The molecule has 0 aliphatic carbocycles. The van der Waals surface area contributed by atoms with Crippen LogP contribution >= 0.6 is 23.2 Å². The number of nitrogens with zero attached hydrogens (tertiary/aromatic N) is 2. The van der Waals surface area contributed by atoms with Gasteiger partial charge in [0.25, 0.3) is 0 Å². The second kappa shape index (κ2) is 11.3. The SMILES string of the molecule is CO/C=C(/C(=O)OC)c1ccccc1COc1cc(C(F)(F)F)nc(Nc2cccc(Cl)c2Cl)n1. The van der Waals surface area contributed by atoms with Gasteiger partial charge in [-0.1, -0.05) is 53.5 Å². The van der Waals surface area contributed by atoms with E-state index >= 15 is 0 Å². The van der Waals surface area contributed by atoms with Crippen LogP contribution in [0.2, 0.25) is 10.0 Å². The number of hydrogen-bond donors (Lipinski definition) is 1. The molecule has 0 radical (unpaired) electrons. The third-order valence-corrected chi connectivity index (χ3v) is 5.33. The summed E-state index contributed by atoms with van der Waals surface area (Å²) in [5.41, 5.74) is -0.0323. The summed E-state index contributed by atoms with van der Waals surface area (Å²) in [5, 5.41) is 2.91. The zero-order valence-electron chi connectivity index (χ0n) is 18.3. The van der Waals surface area contributed by atoms with Crippen LogP contribution in [-0.2, 0) is 27.1 Å². The molecule has 0 saturated carbocycles. The molecule has 2 aromatic carbocycles. The van der Waals surface area contributed by atoms with Gasteiger partial charge in [-0.05, 0) is 23.3 Å². The molecule has 0 saturated heterocycles. The average molecular weight is 528 g/mol. The number of aromatic nitrogens is 2. The summed E-state index contributed by atoms with van der Waals surface area (Å²) in [5.74, 6) is -1.43. The molecular weight excluding hydrogens is 510 g/mol. The third kappa shape index (κ3) is 6.55. The fourth-order valence-corrected chi connectivity index (χ4v) is 3.28. The van der Waals surface area contributed by atoms with Crippen molar-refractivity contribution in [1.82, 2.24) is 9.97 Å². The van der Waals surface area contributed by atoms with Crippen LogP contribution in [0.25, 0.3) is 5.57 Å². The number of esters is 1. The van der Waals surface area contributed by atoms with E-state index < -0.39 is 23.8 Å². The Bertz CT molecular complexity index is 1250. The Kier molecular flexibility index (Phi) is 8.42. The number of carbonyl (C=O) groups excluding carboxylic acids is 1. The molecule has 0 atom stereocenters. The summed E-state index contributed by atoms with van der Waals surface area (Å²) in [6.07, 6.45) is -3.57. The molecule has 1 heterocycles. The Morgan fingerprint density at radius 3 is 2.51 bits per heavy atom. The second-order valence-electron chi connectivity index (χ2n) is 6.84. The number of nitrogens with one attached hydrogen (secondary N) is 1. The maximum Gasteiger partial charge on any atom is 0.433 e. The molecule has 3 rings (SSSR count). The molecule has 12 heteroatoms. The Labute approximate surface area is 208 Å². The van der Waals surface area contributed by atoms with Crippen LogP contribution in [-0.4, -0.2) is 30.2 Å². The molecular formula is C23H18Cl2F3N3O4. The van der Waals surface area contributed by atoms with Gasteiger partial charge in [-0.25, -0.2) is 9.78 Å². The molecule has 0 amide bonds. The van der Waals surface area contributed by atoms with Gasteiger partial charge in [-0.2, -0.15) is 18.2 Å². The molecule has 0 spiro atoms. The fourth-order valence-electron chi connectivity index (χ4n) is 2.93. The summed E-state index contributed by atoms with van der Waals surface area (Å²) in [7, 11) is 2.58. The zero-order chi connectivity index (χ0) is 25.6. The minimum atomic E-state index is -4.77. The molecule has 0 aliphatic heterocycles. The maximum atomic E-state index is 13.5. The lowest BCUT2D eigenvalue weighted by atomic mass is 10.0. The van der Waals surface area contributed by atoms with Crippen molar-refractivity contribution in [1.29, 1.82) is 0 Å². The molecule has 0 aliphatic rings. The monoisotopic (exact) mass is 527 g/mol. The summed E-state index contributed by atoms with van der Waals surface area (Å²) in [6.45, 7) is -0.222. The number of alkyl halides is 3. The van der Waals surface area contributed by atoms with Crippen LogP contribution in [0.5, 0.6) is 5.88 Å². The predicted molar refractivity (Wildman–Crippen MR) is 125 cm³/mol. The first-order valence-electron chi connectivity index (χ1n) is 9.83. The van der Waals surface area contributed by atoms with Gasteiger partial charge in [-0.15, -0.1) is 0 Å². The number of methoxy groups -OCH3 is 2. The van der Waals surface area contributed by atoms with E-state index in [0.29, 0.717) is 17.2 Å². The van der Waals surface area contributed by atoms with Crippen LogP contribution < -0.4 is 10.1 Å². The lowest BCUT2D eigenvalue weighted by Gasteiger charge is -2.15. The first-order valence-corrected chi connectivity index (χ1v) is 10.6. The third-order valence-electron chi connectivity index (χ3n) is 4.52. The minimum Gasteiger partial charge on any atom is -0.503 e. The first kappa shape index (κ1) is 26.1. The van der Waals surface area contributed by atoms with E-state index in [0.717, 1.165) is 0 Å². The van der Waals surface area contributed by atoms with Gasteiger partial charge in [0, 0.05) is 6.07 Å². The predicted octanol–water partition coefficient (Wildman–Crippen LogP) is 6.29. The van der Waals surface area contributed by atoms with Gasteiger partial charge in [0.05, 0.1) is 36.2 Å². The number of halogens is 5. The smallest absolute Gasteiger partial charge is 0.433 e. The summed E-state index contributed by atoms with van der Waals surface area (Å²) < 4.78 is 55.8. The van der Waals surface area contributed by atoms with E-state index in [1.165, 1.54) is 32.6 Å². The van der Waals surface area contributed by atoms with Crippen molar-refractivity contribution in [3.05, 3.63) is 81.7 Å². The Morgan fingerprint density at radius 2 is 1.83 bits per heavy atom. The molecule has 1 N–H and O–H groups in total. The number of hydrogen-bond acceptors (Lipinski definition) is 7. The van der Waals surface area contributed by atoms with Crippen molar-refractivity contribution >= 4 is 46.4 Å². The van der Waals surface area contributed by atoms with Crippen molar-refractivity contribution in [2.75, 3.05) is 19.5 Å². The van der Waals surface area contributed by atoms with Crippen LogP contribution in [0.3, 0.4) is 0 Å². The number of benzene rings is 2. The van der Waals surface area contributed by atoms with Gasteiger partial charge < -0.3 is 19.5 Å². The Morgan fingerprint density at radius 1 is 1.09 bits per heavy atom. The van der Waals surface area contributed by atoms with Crippen LogP contribution in [0.1, 0.15) is 16.8 Å². The second-order valence-corrected chi connectivity index (χ2v) is 7.63. The van der Waals surface area contributed by atoms with Crippen LogP contribution in [0.4, 0.5) is 24.8 Å². The van der Waals surface area contributed by atoms with Gasteiger partial charge in [0.15, 0.2) is 5.69 Å². The zero-order valence-corrected chi connectivity index (χ0v) is 19.8. The van der Waals surface area contributed by atoms with E-state index in [1.807, 2.05) is 0 Å². The molecule has 7 nitrogen and oxygen atoms in total. The number of anilines is 2. The fraction of sp³-hybridized carbons (Fsp3) is 0.174. The summed E-state index contributed by atoms with van der Waals surface area (Å²) in [4.78, 5) is 19.7. The van der Waals surface area contributed by atoms with Crippen molar-refractivity contribution in [3.63, 3.8) is 0 Å². The lowest BCUT2D eigenvalue weighted by Crippen LogP contribution is -2.12.